The second kappa shape index (κ2) is 9.44. The number of hydrogen-bond acceptors (Lipinski definition) is 5. The highest BCUT2D eigenvalue weighted by Gasteiger charge is 2.10. The van der Waals surface area contributed by atoms with Crippen LogP contribution in [0.1, 0.15) is 24.0 Å². The standard InChI is InChI=1S/C18H17ClN4O4/c1-12-5-6-13(9-16(12)23(26)27)11-20-22-18(25)8-7-17(24)21-15-4-2-3-14(19)10-15/h2-6,9-11H,7-8H2,1H3,(H,21,24)(H,22,25). The van der Waals surface area contributed by atoms with Crippen molar-refractivity contribution in [1.29, 1.82) is 0 Å². The molecule has 9 heteroatoms. The van der Waals surface area contributed by atoms with Crippen molar-refractivity contribution in [3.05, 3.63) is 68.7 Å². The van der Waals surface area contributed by atoms with E-state index in [1.165, 1.54) is 12.3 Å². The van der Waals surface area contributed by atoms with E-state index in [4.69, 9.17) is 11.6 Å². The lowest BCUT2D eigenvalue weighted by molar-refractivity contribution is -0.385. The van der Waals surface area contributed by atoms with Crippen molar-refractivity contribution in [3.8, 4) is 0 Å². The number of carbonyl (C=O) groups is 2. The van der Waals surface area contributed by atoms with Gasteiger partial charge in [-0.05, 0) is 25.1 Å². The lowest BCUT2D eigenvalue weighted by Gasteiger charge is -2.05. The van der Waals surface area contributed by atoms with Gasteiger partial charge in [0.05, 0.1) is 11.1 Å². The highest BCUT2D eigenvalue weighted by atomic mass is 35.5. The number of aryl methyl sites for hydroxylation is 1. The van der Waals surface area contributed by atoms with E-state index < -0.39 is 10.8 Å². The van der Waals surface area contributed by atoms with Crippen LogP contribution in [0.15, 0.2) is 47.6 Å². The largest absolute Gasteiger partial charge is 0.326 e. The van der Waals surface area contributed by atoms with Crippen molar-refractivity contribution < 1.29 is 14.5 Å². The Balaban J connectivity index is 1.80. The number of nitro benzene ring substituents is 1. The van der Waals surface area contributed by atoms with Crippen LogP contribution in [0.25, 0.3) is 0 Å². The Morgan fingerprint density at radius 3 is 2.63 bits per heavy atom. The van der Waals surface area contributed by atoms with E-state index >= 15 is 0 Å². The van der Waals surface area contributed by atoms with Gasteiger partial charge in [-0.3, -0.25) is 19.7 Å². The van der Waals surface area contributed by atoms with E-state index in [0.717, 1.165) is 0 Å². The van der Waals surface area contributed by atoms with Crippen molar-refractivity contribution in [2.45, 2.75) is 19.8 Å². The maximum atomic E-state index is 11.8. The van der Waals surface area contributed by atoms with E-state index in [-0.39, 0.29) is 24.4 Å². The molecule has 2 aromatic carbocycles. The summed E-state index contributed by atoms with van der Waals surface area (Å²) >= 11 is 5.83. The molecule has 0 aliphatic carbocycles. The Labute approximate surface area is 160 Å². The monoisotopic (exact) mass is 388 g/mol. The van der Waals surface area contributed by atoms with Crippen molar-refractivity contribution in [1.82, 2.24) is 5.43 Å². The minimum Gasteiger partial charge on any atom is -0.326 e. The van der Waals surface area contributed by atoms with Crippen molar-refractivity contribution in [2.24, 2.45) is 5.10 Å². The van der Waals surface area contributed by atoms with E-state index in [0.29, 0.717) is 21.8 Å². The highest BCUT2D eigenvalue weighted by Crippen LogP contribution is 2.18. The zero-order valence-corrected chi connectivity index (χ0v) is 15.2. The number of hydrogen-bond donors (Lipinski definition) is 2. The number of nitro groups is 1. The fourth-order valence-corrected chi connectivity index (χ4v) is 2.35. The number of anilines is 1. The van der Waals surface area contributed by atoms with Crippen LogP contribution in [0.3, 0.4) is 0 Å². The van der Waals surface area contributed by atoms with E-state index in [9.17, 15) is 19.7 Å². The molecule has 0 saturated heterocycles. The molecule has 27 heavy (non-hydrogen) atoms. The molecule has 8 nitrogen and oxygen atoms in total. The molecule has 0 saturated carbocycles. The van der Waals surface area contributed by atoms with Crippen LogP contribution in [0.4, 0.5) is 11.4 Å². The van der Waals surface area contributed by atoms with Gasteiger partial charge in [0.25, 0.3) is 5.69 Å². The topological polar surface area (TPSA) is 114 Å². The highest BCUT2D eigenvalue weighted by molar-refractivity contribution is 6.30. The van der Waals surface area contributed by atoms with Crippen molar-refractivity contribution in [2.75, 3.05) is 5.32 Å². The van der Waals surface area contributed by atoms with Crippen LogP contribution in [-0.4, -0.2) is 23.0 Å². The third-order valence-corrected chi connectivity index (χ3v) is 3.76. The van der Waals surface area contributed by atoms with Crippen LogP contribution in [0.5, 0.6) is 0 Å². The summed E-state index contributed by atoms with van der Waals surface area (Å²) in [7, 11) is 0. The van der Waals surface area contributed by atoms with Crippen LogP contribution >= 0.6 is 11.6 Å². The van der Waals surface area contributed by atoms with Gasteiger partial charge in [-0.1, -0.05) is 29.8 Å². The molecule has 2 aromatic rings. The third kappa shape index (κ3) is 6.52. The molecule has 0 fully saturated rings. The van der Waals surface area contributed by atoms with Gasteiger partial charge in [0, 0.05) is 40.7 Å². The molecular weight excluding hydrogens is 372 g/mol. The Morgan fingerprint density at radius 1 is 1.19 bits per heavy atom. The van der Waals surface area contributed by atoms with Crippen LogP contribution in [0, 0.1) is 17.0 Å². The second-order valence-corrected chi connectivity index (χ2v) is 6.09. The number of nitrogens with one attached hydrogen (secondary N) is 2. The predicted octanol–water partition coefficient (Wildman–Crippen LogP) is 3.43. The summed E-state index contributed by atoms with van der Waals surface area (Å²) in [5.41, 5.74) is 3.82. The fourth-order valence-electron chi connectivity index (χ4n) is 2.15. The van der Waals surface area contributed by atoms with Crippen molar-refractivity contribution in [3.63, 3.8) is 0 Å². The fraction of sp³-hybridized carbons (Fsp3) is 0.167. The summed E-state index contributed by atoms with van der Waals surface area (Å²) in [6, 6.07) is 11.3. The number of halogens is 1. The summed E-state index contributed by atoms with van der Waals surface area (Å²) < 4.78 is 0. The summed E-state index contributed by atoms with van der Waals surface area (Å²) in [4.78, 5) is 34.0. The summed E-state index contributed by atoms with van der Waals surface area (Å²) in [6.07, 6.45) is 1.22. The smallest absolute Gasteiger partial charge is 0.272 e. The summed E-state index contributed by atoms with van der Waals surface area (Å²) in [5.74, 6) is -0.778. The molecule has 0 atom stereocenters. The molecule has 140 valence electrons. The van der Waals surface area contributed by atoms with Crippen LogP contribution in [-0.2, 0) is 9.59 Å². The average Bonchev–Trinajstić information content (AvgIpc) is 2.61. The second-order valence-electron chi connectivity index (χ2n) is 5.65. The van der Waals surface area contributed by atoms with Gasteiger partial charge in [-0.2, -0.15) is 5.10 Å². The number of amides is 2. The molecule has 0 spiro atoms. The number of hydrazone groups is 1. The van der Waals surface area contributed by atoms with Gasteiger partial charge < -0.3 is 5.32 Å². The molecule has 0 aliphatic heterocycles. The van der Waals surface area contributed by atoms with Crippen molar-refractivity contribution >= 4 is 41.0 Å². The molecule has 0 bridgehead atoms. The minimum absolute atomic E-state index is 0.0239. The molecule has 0 aliphatic rings. The number of carbonyl (C=O) groups excluding carboxylic acids is 2. The van der Waals surface area contributed by atoms with Gasteiger partial charge in [0.2, 0.25) is 11.8 Å². The van der Waals surface area contributed by atoms with Crippen LogP contribution < -0.4 is 10.7 Å². The van der Waals surface area contributed by atoms with Gasteiger partial charge in [0.15, 0.2) is 0 Å². The molecule has 2 N–H and O–H groups in total. The van der Waals surface area contributed by atoms with Gasteiger partial charge in [0.1, 0.15) is 0 Å². The zero-order valence-electron chi connectivity index (χ0n) is 14.4. The minimum atomic E-state index is -0.482. The first-order valence-electron chi connectivity index (χ1n) is 7.97. The van der Waals surface area contributed by atoms with E-state index in [2.05, 4.69) is 15.8 Å². The molecule has 0 unspecified atom stereocenters. The molecular formula is C18H17ClN4O4. The van der Waals surface area contributed by atoms with Gasteiger partial charge in [-0.15, -0.1) is 0 Å². The van der Waals surface area contributed by atoms with Gasteiger partial charge >= 0.3 is 0 Å². The number of rotatable bonds is 7. The lowest BCUT2D eigenvalue weighted by Crippen LogP contribution is -2.20. The normalized spacial score (nSPS) is 10.6. The first kappa shape index (κ1) is 20.1. The lowest BCUT2D eigenvalue weighted by atomic mass is 10.1. The third-order valence-electron chi connectivity index (χ3n) is 3.52. The molecule has 0 heterocycles. The Morgan fingerprint density at radius 2 is 1.93 bits per heavy atom. The summed E-state index contributed by atoms with van der Waals surface area (Å²) in [6.45, 7) is 1.63. The maximum Gasteiger partial charge on any atom is 0.272 e. The average molecular weight is 389 g/mol. The Hall–Kier alpha value is -3.26. The Kier molecular flexibility index (Phi) is 7.01. The van der Waals surface area contributed by atoms with E-state index in [1.54, 1.807) is 43.3 Å². The quantitative estimate of drug-likeness (QED) is 0.429. The van der Waals surface area contributed by atoms with Crippen LogP contribution in [0.2, 0.25) is 5.02 Å². The summed E-state index contributed by atoms with van der Waals surface area (Å²) in [5, 5.41) is 17.8. The molecule has 2 amide bonds. The van der Waals surface area contributed by atoms with Gasteiger partial charge in [-0.25, -0.2) is 5.43 Å². The first-order chi connectivity index (χ1) is 12.8. The Bertz CT molecular complexity index is 899. The SMILES string of the molecule is Cc1ccc(C=NNC(=O)CCC(=O)Nc2cccc(Cl)c2)cc1[N+](=O)[O-]. The molecule has 2 rings (SSSR count). The predicted molar refractivity (Wildman–Crippen MR) is 103 cm³/mol. The number of nitrogens with zero attached hydrogens (tertiary/aromatic N) is 2. The molecule has 0 radical (unpaired) electrons. The molecule has 0 aromatic heterocycles. The first-order valence-corrected chi connectivity index (χ1v) is 8.35. The van der Waals surface area contributed by atoms with E-state index in [1.807, 2.05) is 0 Å². The maximum absolute atomic E-state index is 11.8. The zero-order chi connectivity index (χ0) is 19.8. The number of benzene rings is 2.